The van der Waals surface area contributed by atoms with E-state index in [1.165, 1.54) is 11.5 Å². The Morgan fingerprint density at radius 2 is 1.42 bits per heavy atom. The Kier molecular flexibility index (Phi) is 4.46. The van der Waals surface area contributed by atoms with Gasteiger partial charge in [0.1, 0.15) is 18.0 Å². The van der Waals surface area contributed by atoms with Crippen molar-refractivity contribution in [1.82, 2.24) is 20.2 Å². The third-order valence-corrected chi connectivity index (χ3v) is 5.54. The second-order valence-electron chi connectivity index (χ2n) is 6.22. The zero-order chi connectivity index (χ0) is 16.4. The zero-order valence-corrected chi connectivity index (χ0v) is 14.8. The molecule has 2 aliphatic heterocycles. The van der Waals surface area contributed by atoms with Crippen LogP contribution in [0.1, 0.15) is 5.69 Å². The van der Waals surface area contributed by atoms with Crippen LogP contribution >= 0.6 is 11.8 Å². The molecule has 2 aromatic rings. The van der Waals surface area contributed by atoms with E-state index in [9.17, 15) is 0 Å². The van der Waals surface area contributed by atoms with Crippen molar-refractivity contribution < 1.29 is 0 Å². The van der Waals surface area contributed by atoms with E-state index in [0.29, 0.717) is 0 Å². The van der Waals surface area contributed by atoms with E-state index < -0.39 is 0 Å². The number of rotatable bonds is 3. The number of nitrogens with zero attached hydrogens (tertiary/aromatic N) is 6. The molecule has 0 saturated carbocycles. The summed E-state index contributed by atoms with van der Waals surface area (Å²) in [5, 5.41) is 7.38. The van der Waals surface area contributed by atoms with Crippen LogP contribution in [-0.2, 0) is 0 Å². The maximum Gasteiger partial charge on any atom is 0.150 e. The lowest BCUT2D eigenvalue weighted by Gasteiger charge is -2.36. The molecule has 0 amide bonds. The van der Waals surface area contributed by atoms with Crippen molar-refractivity contribution in [2.45, 2.75) is 6.92 Å². The Hall–Kier alpha value is -1.96. The fraction of sp³-hybridized carbons (Fsp3) is 0.562. The summed E-state index contributed by atoms with van der Waals surface area (Å²) in [6, 6.07) is 4.25. The maximum atomic E-state index is 4.50. The maximum absolute atomic E-state index is 4.50. The Balaban J connectivity index is 1.42. The Morgan fingerprint density at radius 1 is 0.833 bits per heavy atom. The minimum atomic E-state index is 0.957. The zero-order valence-electron chi connectivity index (χ0n) is 14.0. The van der Waals surface area contributed by atoms with Crippen LogP contribution < -0.4 is 14.7 Å². The standard InChI is InChI=1S/C16H23N7S/c1-13-10-16(20-19-13)22-4-2-21(3-5-22)14-11-15(18-12-17-14)23-6-8-24-9-7-23/h10-12H,2-9H2,1H3,(H,19,20). The largest absolute Gasteiger partial charge is 0.355 e. The van der Waals surface area contributed by atoms with Gasteiger partial charge in [0.15, 0.2) is 5.82 Å². The van der Waals surface area contributed by atoms with Crippen LogP contribution in [0.25, 0.3) is 0 Å². The van der Waals surface area contributed by atoms with Crippen molar-refractivity contribution in [2.75, 3.05) is 65.5 Å². The van der Waals surface area contributed by atoms with Crippen molar-refractivity contribution in [1.29, 1.82) is 0 Å². The number of thioether (sulfide) groups is 1. The molecular formula is C16H23N7S. The molecule has 2 aliphatic rings. The van der Waals surface area contributed by atoms with Gasteiger partial charge in [-0.1, -0.05) is 0 Å². The van der Waals surface area contributed by atoms with Gasteiger partial charge in [-0.25, -0.2) is 9.97 Å². The SMILES string of the molecule is Cc1cc(N2CCN(c3cc(N4CCSCC4)ncn3)CC2)n[nH]1. The minimum Gasteiger partial charge on any atom is -0.355 e. The first-order valence-corrected chi connectivity index (χ1v) is 9.62. The van der Waals surface area contributed by atoms with Crippen LogP contribution in [0.2, 0.25) is 0 Å². The summed E-state index contributed by atoms with van der Waals surface area (Å²) in [7, 11) is 0. The van der Waals surface area contributed by atoms with E-state index in [4.69, 9.17) is 0 Å². The van der Waals surface area contributed by atoms with Crippen LogP contribution in [0.3, 0.4) is 0 Å². The second kappa shape index (κ2) is 6.88. The quantitative estimate of drug-likeness (QED) is 0.902. The van der Waals surface area contributed by atoms with Crippen LogP contribution in [0, 0.1) is 6.92 Å². The van der Waals surface area contributed by atoms with Gasteiger partial charge in [-0.05, 0) is 6.92 Å². The summed E-state index contributed by atoms with van der Waals surface area (Å²) in [6.07, 6.45) is 1.70. The molecule has 4 rings (SSSR count). The average Bonchev–Trinajstić information content (AvgIpc) is 3.09. The van der Waals surface area contributed by atoms with Gasteiger partial charge in [0.2, 0.25) is 0 Å². The van der Waals surface area contributed by atoms with Gasteiger partial charge >= 0.3 is 0 Å². The van der Waals surface area contributed by atoms with E-state index in [0.717, 1.165) is 62.4 Å². The normalized spacial score (nSPS) is 19.0. The van der Waals surface area contributed by atoms with Crippen molar-refractivity contribution in [2.24, 2.45) is 0 Å². The molecule has 7 nitrogen and oxygen atoms in total. The Bertz CT molecular complexity index is 675. The van der Waals surface area contributed by atoms with E-state index in [1.54, 1.807) is 6.33 Å². The molecule has 8 heteroatoms. The molecule has 0 bridgehead atoms. The van der Waals surface area contributed by atoms with Crippen LogP contribution in [-0.4, -0.2) is 70.9 Å². The first kappa shape index (κ1) is 15.6. The Labute approximate surface area is 146 Å². The topological polar surface area (TPSA) is 64.2 Å². The number of aromatic nitrogens is 4. The molecule has 2 saturated heterocycles. The highest BCUT2D eigenvalue weighted by Gasteiger charge is 2.21. The highest BCUT2D eigenvalue weighted by Crippen LogP contribution is 2.22. The fourth-order valence-electron chi connectivity index (χ4n) is 3.21. The Morgan fingerprint density at radius 3 is 2.00 bits per heavy atom. The summed E-state index contributed by atoms with van der Waals surface area (Å²) in [5.74, 6) is 5.51. The summed E-state index contributed by atoms with van der Waals surface area (Å²) in [6.45, 7) is 8.03. The van der Waals surface area contributed by atoms with Gasteiger partial charge < -0.3 is 14.7 Å². The predicted octanol–water partition coefficient (Wildman–Crippen LogP) is 1.39. The van der Waals surface area contributed by atoms with Crippen molar-refractivity contribution in [3.05, 3.63) is 24.2 Å². The molecule has 0 spiro atoms. The summed E-state index contributed by atoms with van der Waals surface area (Å²) >= 11 is 2.02. The van der Waals surface area contributed by atoms with E-state index in [2.05, 4.69) is 47.0 Å². The molecule has 0 unspecified atom stereocenters. The monoisotopic (exact) mass is 345 g/mol. The van der Waals surface area contributed by atoms with Crippen molar-refractivity contribution in [3.8, 4) is 0 Å². The van der Waals surface area contributed by atoms with Gasteiger partial charge in [-0.15, -0.1) is 0 Å². The number of hydrogen-bond acceptors (Lipinski definition) is 7. The van der Waals surface area contributed by atoms with Crippen LogP contribution in [0.15, 0.2) is 18.5 Å². The molecule has 0 radical (unpaired) electrons. The van der Waals surface area contributed by atoms with Crippen molar-refractivity contribution in [3.63, 3.8) is 0 Å². The van der Waals surface area contributed by atoms with Crippen LogP contribution in [0.5, 0.6) is 0 Å². The summed E-state index contributed by atoms with van der Waals surface area (Å²) < 4.78 is 0. The highest BCUT2D eigenvalue weighted by molar-refractivity contribution is 7.99. The van der Waals surface area contributed by atoms with Gasteiger partial charge in [-0.2, -0.15) is 16.9 Å². The van der Waals surface area contributed by atoms with E-state index in [-0.39, 0.29) is 0 Å². The molecular weight excluding hydrogens is 322 g/mol. The lowest BCUT2D eigenvalue weighted by atomic mass is 10.3. The highest BCUT2D eigenvalue weighted by atomic mass is 32.2. The number of nitrogens with one attached hydrogen (secondary N) is 1. The summed E-state index contributed by atoms with van der Waals surface area (Å²) in [4.78, 5) is 16.0. The minimum absolute atomic E-state index is 0.957. The molecule has 2 fully saturated rings. The number of piperazine rings is 1. The first-order valence-electron chi connectivity index (χ1n) is 8.46. The third kappa shape index (κ3) is 3.28. The smallest absolute Gasteiger partial charge is 0.150 e. The number of anilines is 3. The molecule has 2 aromatic heterocycles. The molecule has 4 heterocycles. The fourth-order valence-corrected chi connectivity index (χ4v) is 4.11. The first-order chi connectivity index (χ1) is 11.8. The van der Waals surface area contributed by atoms with Crippen molar-refractivity contribution >= 4 is 29.2 Å². The summed E-state index contributed by atoms with van der Waals surface area (Å²) in [5.41, 5.74) is 1.10. The van der Waals surface area contributed by atoms with Gasteiger partial charge in [0, 0.05) is 68.6 Å². The molecule has 0 aromatic carbocycles. The lowest BCUT2D eigenvalue weighted by Crippen LogP contribution is -2.47. The van der Waals surface area contributed by atoms with Crippen LogP contribution in [0.4, 0.5) is 17.5 Å². The molecule has 0 aliphatic carbocycles. The van der Waals surface area contributed by atoms with E-state index >= 15 is 0 Å². The third-order valence-electron chi connectivity index (χ3n) is 4.59. The second-order valence-corrected chi connectivity index (χ2v) is 7.44. The van der Waals surface area contributed by atoms with E-state index in [1.807, 2.05) is 18.7 Å². The number of hydrogen-bond donors (Lipinski definition) is 1. The predicted molar refractivity (Wildman–Crippen MR) is 99.3 cm³/mol. The van der Waals surface area contributed by atoms with Gasteiger partial charge in [0.25, 0.3) is 0 Å². The number of H-pyrrole nitrogens is 1. The van der Waals surface area contributed by atoms with Gasteiger partial charge in [-0.3, -0.25) is 5.10 Å². The molecule has 24 heavy (non-hydrogen) atoms. The number of aryl methyl sites for hydroxylation is 1. The molecule has 1 N–H and O–H groups in total. The average molecular weight is 345 g/mol. The van der Waals surface area contributed by atoms with Gasteiger partial charge in [0.05, 0.1) is 0 Å². The lowest BCUT2D eigenvalue weighted by molar-refractivity contribution is 0.640. The molecule has 0 atom stereocenters. The molecule has 128 valence electrons. The number of aromatic amines is 1.